The highest BCUT2D eigenvalue weighted by Crippen LogP contribution is 2.03. The van der Waals surface area contributed by atoms with Crippen LogP contribution in [0.25, 0.3) is 0 Å². The Bertz CT molecular complexity index is 399. The molecule has 1 aromatic rings. The number of benzene rings is 1. The van der Waals surface area contributed by atoms with E-state index in [4.69, 9.17) is 0 Å². The molecule has 0 aliphatic carbocycles. The maximum Gasteiger partial charge on any atom is 0.340 e. The van der Waals surface area contributed by atoms with E-state index in [1.54, 1.807) is 30.3 Å². The Kier molecular flexibility index (Phi) is 4.90. The number of carbonyl (C=O) groups excluding carboxylic acids is 2. The Morgan fingerprint density at radius 1 is 1.35 bits per heavy atom. The van der Waals surface area contributed by atoms with Crippen LogP contribution in [0.1, 0.15) is 10.4 Å². The summed E-state index contributed by atoms with van der Waals surface area (Å²) < 4.78 is 9.14. The minimum atomic E-state index is -1.49. The number of ether oxygens (including phenoxy) is 2. The predicted molar refractivity (Wildman–Crippen MR) is 59.0 cm³/mol. The van der Waals surface area contributed by atoms with Gasteiger partial charge in [0.15, 0.2) is 6.61 Å². The van der Waals surface area contributed by atoms with Crippen molar-refractivity contribution in [2.75, 3.05) is 6.61 Å². The lowest BCUT2D eigenvalue weighted by atomic mass is 10.2. The first-order valence-corrected chi connectivity index (χ1v) is 4.86. The van der Waals surface area contributed by atoms with Crippen molar-refractivity contribution in [1.29, 1.82) is 0 Å². The van der Waals surface area contributed by atoms with Gasteiger partial charge in [-0.1, -0.05) is 24.8 Å². The van der Waals surface area contributed by atoms with Gasteiger partial charge in [0.1, 0.15) is 0 Å². The Morgan fingerprint density at radius 2 is 2.00 bits per heavy atom. The van der Waals surface area contributed by atoms with Gasteiger partial charge >= 0.3 is 11.9 Å². The standard InChI is InChI=1S/C12H12O5/c1-2-10(13)16-8-11(14)17-12(15)9-6-4-3-5-7-9/h2-7,11,14H,1,8H2. The summed E-state index contributed by atoms with van der Waals surface area (Å²) in [6.07, 6.45) is -0.544. The summed E-state index contributed by atoms with van der Waals surface area (Å²) >= 11 is 0. The highest BCUT2D eigenvalue weighted by molar-refractivity contribution is 5.89. The minimum absolute atomic E-state index is 0.307. The lowest BCUT2D eigenvalue weighted by Crippen LogP contribution is -2.24. The highest BCUT2D eigenvalue weighted by Gasteiger charge is 2.14. The molecule has 0 radical (unpaired) electrons. The summed E-state index contributed by atoms with van der Waals surface area (Å²) in [5, 5.41) is 9.27. The van der Waals surface area contributed by atoms with Crippen molar-refractivity contribution in [1.82, 2.24) is 0 Å². The molecule has 0 aliphatic heterocycles. The number of hydrogen-bond donors (Lipinski definition) is 1. The molecule has 0 spiro atoms. The van der Waals surface area contributed by atoms with Crippen molar-refractivity contribution < 1.29 is 24.2 Å². The number of carbonyl (C=O) groups is 2. The molecule has 0 bridgehead atoms. The zero-order chi connectivity index (χ0) is 12.7. The molecule has 1 rings (SSSR count). The fourth-order valence-electron chi connectivity index (χ4n) is 1.01. The van der Waals surface area contributed by atoms with Crippen molar-refractivity contribution in [2.45, 2.75) is 6.29 Å². The van der Waals surface area contributed by atoms with Gasteiger partial charge in [-0.05, 0) is 12.1 Å². The lowest BCUT2D eigenvalue weighted by molar-refractivity contribution is -0.151. The normalized spacial score (nSPS) is 11.4. The molecule has 0 aromatic heterocycles. The fourth-order valence-corrected chi connectivity index (χ4v) is 1.01. The molecule has 0 amide bonds. The third-order valence-electron chi connectivity index (χ3n) is 1.79. The molecule has 5 nitrogen and oxygen atoms in total. The van der Waals surface area contributed by atoms with Crippen LogP contribution in [0.5, 0.6) is 0 Å². The van der Waals surface area contributed by atoms with Gasteiger partial charge < -0.3 is 14.6 Å². The monoisotopic (exact) mass is 236 g/mol. The first-order chi connectivity index (χ1) is 8.13. The number of hydrogen-bond acceptors (Lipinski definition) is 5. The summed E-state index contributed by atoms with van der Waals surface area (Å²) in [5.41, 5.74) is 0.307. The van der Waals surface area contributed by atoms with Crippen molar-refractivity contribution in [3.05, 3.63) is 48.6 Å². The molecule has 0 aliphatic rings. The molecule has 1 atom stereocenters. The molecule has 0 heterocycles. The van der Waals surface area contributed by atoms with E-state index in [0.29, 0.717) is 5.56 Å². The van der Waals surface area contributed by atoms with Crippen molar-refractivity contribution >= 4 is 11.9 Å². The summed E-state index contributed by atoms with van der Waals surface area (Å²) in [7, 11) is 0. The van der Waals surface area contributed by atoms with Gasteiger partial charge in [-0.15, -0.1) is 0 Å². The van der Waals surface area contributed by atoms with Gasteiger partial charge in [-0.3, -0.25) is 0 Å². The molecule has 0 saturated heterocycles. The van der Waals surface area contributed by atoms with Crippen LogP contribution in [0.15, 0.2) is 43.0 Å². The van der Waals surface area contributed by atoms with E-state index in [1.165, 1.54) is 0 Å². The van der Waals surface area contributed by atoms with Crippen LogP contribution in [0.4, 0.5) is 0 Å². The van der Waals surface area contributed by atoms with E-state index in [2.05, 4.69) is 16.1 Å². The third-order valence-corrected chi connectivity index (χ3v) is 1.79. The van der Waals surface area contributed by atoms with Crippen LogP contribution in [0, 0.1) is 0 Å². The second-order valence-corrected chi connectivity index (χ2v) is 3.06. The molecular weight excluding hydrogens is 224 g/mol. The van der Waals surface area contributed by atoms with E-state index in [-0.39, 0.29) is 0 Å². The first kappa shape index (κ1) is 12.9. The van der Waals surface area contributed by atoms with Crippen LogP contribution in [0.2, 0.25) is 0 Å². The molecule has 1 aromatic carbocycles. The zero-order valence-electron chi connectivity index (χ0n) is 9.04. The first-order valence-electron chi connectivity index (χ1n) is 4.86. The van der Waals surface area contributed by atoms with Gasteiger partial charge in [0.25, 0.3) is 0 Å². The molecule has 1 unspecified atom stereocenters. The summed E-state index contributed by atoms with van der Waals surface area (Å²) in [4.78, 5) is 22.1. The van der Waals surface area contributed by atoms with Crippen LogP contribution >= 0.6 is 0 Å². The number of rotatable bonds is 5. The zero-order valence-corrected chi connectivity index (χ0v) is 9.04. The second-order valence-electron chi connectivity index (χ2n) is 3.06. The number of aliphatic hydroxyl groups is 1. The molecule has 5 heteroatoms. The number of esters is 2. The molecule has 1 N–H and O–H groups in total. The minimum Gasteiger partial charge on any atom is -0.456 e. The van der Waals surface area contributed by atoms with E-state index < -0.39 is 24.8 Å². The van der Waals surface area contributed by atoms with Gasteiger partial charge in [-0.2, -0.15) is 0 Å². The maximum absolute atomic E-state index is 11.4. The van der Waals surface area contributed by atoms with Crippen molar-refractivity contribution in [3.63, 3.8) is 0 Å². The molecule has 17 heavy (non-hydrogen) atoms. The maximum atomic E-state index is 11.4. The van der Waals surface area contributed by atoms with E-state index >= 15 is 0 Å². The van der Waals surface area contributed by atoms with Gasteiger partial charge in [0.2, 0.25) is 6.29 Å². The topological polar surface area (TPSA) is 72.8 Å². The summed E-state index contributed by atoms with van der Waals surface area (Å²) in [6.45, 7) is 2.76. The molecule has 0 fully saturated rings. The Labute approximate surface area is 98.3 Å². The predicted octanol–water partition coefficient (Wildman–Crippen LogP) is 0.891. The molecule has 90 valence electrons. The molecular formula is C12H12O5. The van der Waals surface area contributed by atoms with Gasteiger partial charge in [0.05, 0.1) is 5.56 Å². The van der Waals surface area contributed by atoms with E-state index in [1.807, 2.05) is 0 Å². The largest absolute Gasteiger partial charge is 0.456 e. The van der Waals surface area contributed by atoms with Crippen LogP contribution in [-0.2, 0) is 14.3 Å². The van der Waals surface area contributed by atoms with Gasteiger partial charge in [-0.25, -0.2) is 9.59 Å². The Hall–Kier alpha value is -2.14. The van der Waals surface area contributed by atoms with E-state index in [0.717, 1.165) is 6.08 Å². The summed E-state index contributed by atoms with van der Waals surface area (Å²) in [6, 6.07) is 8.18. The SMILES string of the molecule is C=CC(=O)OCC(O)OC(=O)c1ccccc1. The average Bonchev–Trinajstić information content (AvgIpc) is 2.36. The second kappa shape index (κ2) is 6.44. The van der Waals surface area contributed by atoms with Crippen LogP contribution < -0.4 is 0 Å². The lowest BCUT2D eigenvalue weighted by Gasteiger charge is -2.11. The average molecular weight is 236 g/mol. The van der Waals surface area contributed by atoms with Crippen LogP contribution in [-0.4, -0.2) is 29.9 Å². The summed E-state index contributed by atoms with van der Waals surface area (Å²) in [5.74, 6) is -1.38. The van der Waals surface area contributed by atoms with Gasteiger partial charge in [0, 0.05) is 6.08 Å². The van der Waals surface area contributed by atoms with E-state index in [9.17, 15) is 14.7 Å². The van der Waals surface area contributed by atoms with Crippen molar-refractivity contribution in [2.24, 2.45) is 0 Å². The fraction of sp³-hybridized carbons (Fsp3) is 0.167. The molecule has 0 saturated carbocycles. The Morgan fingerprint density at radius 3 is 2.59 bits per heavy atom. The quantitative estimate of drug-likeness (QED) is 0.467. The third kappa shape index (κ3) is 4.48. The highest BCUT2D eigenvalue weighted by atomic mass is 16.7. The van der Waals surface area contributed by atoms with Crippen LogP contribution in [0.3, 0.4) is 0 Å². The van der Waals surface area contributed by atoms with Crippen molar-refractivity contribution in [3.8, 4) is 0 Å². The number of aliphatic hydroxyl groups excluding tert-OH is 1. The smallest absolute Gasteiger partial charge is 0.340 e. The Balaban J connectivity index is 2.41.